The first-order valence-corrected chi connectivity index (χ1v) is 8.04. The third-order valence-corrected chi connectivity index (χ3v) is 5.22. The minimum absolute atomic E-state index is 0.120. The van der Waals surface area contributed by atoms with Crippen LogP contribution in [-0.2, 0) is 6.54 Å². The van der Waals surface area contributed by atoms with Crippen LogP contribution in [0.5, 0.6) is 0 Å². The summed E-state index contributed by atoms with van der Waals surface area (Å²) in [6, 6.07) is 5.06. The SMILES string of the molecule is Cc1nc(Br)c([N+](=O)[O-])n1CC(=O)c1ccc(Br)c(Br)c1. The number of nitrogens with zero attached hydrogens (tertiary/aromatic N) is 3. The largest absolute Gasteiger partial charge is 0.358 e. The molecule has 21 heavy (non-hydrogen) atoms. The van der Waals surface area contributed by atoms with Crippen molar-refractivity contribution in [3.05, 3.63) is 53.2 Å². The van der Waals surface area contributed by atoms with Crippen LogP contribution in [0.2, 0.25) is 0 Å². The van der Waals surface area contributed by atoms with Crippen LogP contribution in [0.1, 0.15) is 16.2 Å². The van der Waals surface area contributed by atoms with Crippen molar-refractivity contribution in [2.75, 3.05) is 0 Å². The van der Waals surface area contributed by atoms with Gasteiger partial charge in [-0.3, -0.25) is 4.79 Å². The standard InChI is InChI=1S/C12H8Br3N3O3/c1-6-16-11(15)12(18(20)21)17(6)5-10(19)7-2-3-8(13)9(14)4-7/h2-4H,5H2,1H3. The van der Waals surface area contributed by atoms with Crippen LogP contribution in [0.4, 0.5) is 5.82 Å². The lowest BCUT2D eigenvalue weighted by molar-refractivity contribution is -0.392. The lowest BCUT2D eigenvalue weighted by Gasteiger charge is -2.04. The fourth-order valence-electron chi connectivity index (χ4n) is 1.78. The maximum atomic E-state index is 12.3. The van der Waals surface area contributed by atoms with Crippen LogP contribution in [0, 0.1) is 17.0 Å². The van der Waals surface area contributed by atoms with Crippen LogP contribution in [0.25, 0.3) is 0 Å². The second-order valence-electron chi connectivity index (χ2n) is 4.17. The van der Waals surface area contributed by atoms with Gasteiger partial charge in [-0.05, 0) is 64.8 Å². The van der Waals surface area contributed by atoms with Crippen LogP contribution in [0.3, 0.4) is 0 Å². The predicted molar refractivity (Wildman–Crippen MR) is 87.5 cm³/mol. The van der Waals surface area contributed by atoms with Crippen molar-refractivity contribution in [2.24, 2.45) is 0 Å². The second-order valence-corrected chi connectivity index (χ2v) is 6.63. The molecular formula is C12H8Br3N3O3. The summed E-state index contributed by atoms with van der Waals surface area (Å²) in [5, 5.41) is 11.1. The molecule has 110 valence electrons. The van der Waals surface area contributed by atoms with E-state index in [2.05, 4.69) is 52.8 Å². The van der Waals surface area contributed by atoms with Gasteiger partial charge in [0.2, 0.25) is 10.4 Å². The Labute approximate surface area is 145 Å². The zero-order valence-electron chi connectivity index (χ0n) is 10.6. The number of imidazole rings is 1. The van der Waals surface area contributed by atoms with Crippen LogP contribution in [0.15, 0.2) is 31.7 Å². The number of Topliss-reactive ketones (excluding diaryl/α,β-unsaturated/α-hetero) is 1. The lowest BCUT2D eigenvalue weighted by atomic mass is 10.1. The van der Waals surface area contributed by atoms with Gasteiger partial charge >= 0.3 is 5.82 Å². The molecule has 1 aromatic carbocycles. The molecule has 0 spiro atoms. The number of aryl methyl sites for hydroxylation is 1. The molecule has 0 atom stereocenters. The molecule has 0 saturated carbocycles. The van der Waals surface area contributed by atoms with Crippen molar-refractivity contribution in [3.63, 3.8) is 0 Å². The fourth-order valence-corrected chi connectivity index (χ4v) is 3.03. The highest BCUT2D eigenvalue weighted by Crippen LogP contribution is 2.27. The van der Waals surface area contributed by atoms with E-state index in [9.17, 15) is 14.9 Å². The Hall–Kier alpha value is -1.06. The van der Waals surface area contributed by atoms with E-state index in [4.69, 9.17) is 0 Å². The smallest absolute Gasteiger partial charge is 0.357 e. The number of hydrogen-bond donors (Lipinski definition) is 0. The Morgan fingerprint density at radius 3 is 2.57 bits per heavy atom. The molecule has 0 bridgehead atoms. The molecule has 0 aliphatic carbocycles. The van der Waals surface area contributed by atoms with Gasteiger partial charge in [0.1, 0.15) is 0 Å². The first-order chi connectivity index (χ1) is 9.81. The number of benzene rings is 1. The summed E-state index contributed by atoms with van der Waals surface area (Å²) in [5.74, 6) is -0.0607. The van der Waals surface area contributed by atoms with Crippen molar-refractivity contribution in [3.8, 4) is 0 Å². The van der Waals surface area contributed by atoms with E-state index in [1.54, 1.807) is 25.1 Å². The molecule has 0 fully saturated rings. The zero-order valence-corrected chi connectivity index (χ0v) is 15.4. The van der Waals surface area contributed by atoms with Crippen molar-refractivity contribution < 1.29 is 9.72 Å². The summed E-state index contributed by atoms with van der Waals surface area (Å²) < 4.78 is 2.97. The van der Waals surface area contributed by atoms with Crippen LogP contribution >= 0.6 is 47.8 Å². The molecule has 0 aliphatic heterocycles. The van der Waals surface area contributed by atoms with Crippen LogP contribution < -0.4 is 0 Å². The minimum atomic E-state index is -0.561. The number of ketones is 1. The molecule has 0 unspecified atom stereocenters. The summed E-state index contributed by atoms with van der Waals surface area (Å²) in [5.41, 5.74) is 0.462. The Bertz CT molecular complexity index is 743. The molecular weight excluding hydrogens is 474 g/mol. The van der Waals surface area contributed by atoms with Crippen molar-refractivity contribution in [2.45, 2.75) is 13.5 Å². The third-order valence-electron chi connectivity index (χ3n) is 2.81. The number of aromatic nitrogens is 2. The summed E-state index contributed by atoms with van der Waals surface area (Å²) in [6.07, 6.45) is 0. The first kappa shape index (κ1) is 16.3. The molecule has 0 saturated heterocycles. The van der Waals surface area contributed by atoms with Crippen molar-refractivity contribution >= 4 is 59.4 Å². The highest BCUT2D eigenvalue weighted by Gasteiger charge is 2.26. The normalized spacial score (nSPS) is 10.7. The van der Waals surface area contributed by atoms with E-state index in [1.807, 2.05) is 0 Å². The number of hydrogen-bond acceptors (Lipinski definition) is 4. The molecule has 0 amide bonds. The maximum Gasteiger partial charge on any atom is 0.357 e. The molecule has 1 aromatic heterocycles. The predicted octanol–water partition coefficient (Wildman–Crippen LogP) is 4.27. The van der Waals surface area contributed by atoms with Crippen molar-refractivity contribution in [1.29, 1.82) is 0 Å². The van der Waals surface area contributed by atoms with E-state index in [-0.39, 0.29) is 22.7 Å². The number of carbonyl (C=O) groups excluding carboxylic acids is 1. The number of carbonyl (C=O) groups is 1. The van der Waals surface area contributed by atoms with Gasteiger partial charge in [0.05, 0.1) is 0 Å². The quantitative estimate of drug-likeness (QED) is 0.371. The topological polar surface area (TPSA) is 78.0 Å². The average Bonchev–Trinajstić information content (AvgIpc) is 2.67. The maximum absolute atomic E-state index is 12.3. The Kier molecular flexibility index (Phi) is 4.95. The van der Waals surface area contributed by atoms with Gasteiger partial charge < -0.3 is 10.1 Å². The van der Waals surface area contributed by atoms with E-state index in [1.165, 1.54) is 4.57 Å². The van der Waals surface area contributed by atoms with Crippen LogP contribution in [-0.4, -0.2) is 20.3 Å². The minimum Gasteiger partial charge on any atom is -0.358 e. The van der Waals surface area contributed by atoms with Gasteiger partial charge in [0.15, 0.2) is 12.4 Å². The number of rotatable bonds is 4. The van der Waals surface area contributed by atoms with Gasteiger partial charge in [-0.2, -0.15) is 4.98 Å². The van der Waals surface area contributed by atoms with Crippen molar-refractivity contribution in [1.82, 2.24) is 9.55 Å². The Morgan fingerprint density at radius 2 is 2.00 bits per heavy atom. The van der Waals surface area contributed by atoms with E-state index < -0.39 is 4.92 Å². The summed E-state index contributed by atoms with van der Waals surface area (Å²) >= 11 is 9.68. The summed E-state index contributed by atoms with van der Waals surface area (Å²) in [7, 11) is 0. The van der Waals surface area contributed by atoms with E-state index >= 15 is 0 Å². The third kappa shape index (κ3) is 3.41. The van der Waals surface area contributed by atoms with E-state index in [0.29, 0.717) is 11.4 Å². The molecule has 0 N–H and O–H groups in total. The van der Waals surface area contributed by atoms with Gasteiger partial charge in [-0.15, -0.1) is 0 Å². The van der Waals surface area contributed by atoms with Gasteiger partial charge in [-0.1, -0.05) is 6.07 Å². The molecule has 1 heterocycles. The molecule has 2 aromatic rings. The van der Waals surface area contributed by atoms with Gasteiger partial charge in [0, 0.05) is 21.4 Å². The van der Waals surface area contributed by atoms with E-state index in [0.717, 1.165) is 8.95 Å². The monoisotopic (exact) mass is 479 g/mol. The van der Waals surface area contributed by atoms with Gasteiger partial charge in [-0.25, -0.2) is 4.57 Å². The molecule has 0 aliphatic rings. The molecule has 6 nitrogen and oxygen atoms in total. The number of halogens is 3. The molecule has 9 heteroatoms. The fraction of sp³-hybridized carbons (Fsp3) is 0.167. The molecule has 2 rings (SSSR count). The Balaban J connectivity index is 2.36. The molecule has 0 radical (unpaired) electrons. The van der Waals surface area contributed by atoms with Gasteiger partial charge in [0.25, 0.3) is 0 Å². The second kappa shape index (κ2) is 6.37. The summed E-state index contributed by atoms with van der Waals surface area (Å²) in [4.78, 5) is 26.8. The highest BCUT2D eigenvalue weighted by molar-refractivity contribution is 9.13. The highest BCUT2D eigenvalue weighted by atomic mass is 79.9. The zero-order chi connectivity index (χ0) is 15.7. The first-order valence-electron chi connectivity index (χ1n) is 5.66. The number of nitro groups is 1. The Morgan fingerprint density at radius 1 is 1.33 bits per heavy atom. The average molecular weight is 482 g/mol. The lowest BCUT2D eigenvalue weighted by Crippen LogP contribution is -2.14. The summed E-state index contributed by atoms with van der Waals surface area (Å²) in [6.45, 7) is 1.47.